The second kappa shape index (κ2) is 9.59. The molecule has 0 aliphatic carbocycles. The summed E-state index contributed by atoms with van der Waals surface area (Å²) < 4.78 is 1.77. The van der Waals surface area contributed by atoms with Gasteiger partial charge in [-0.1, -0.05) is 35.5 Å². The van der Waals surface area contributed by atoms with Crippen molar-refractivity contribution in [2.45, 2.75) is 25.8 Å². The predicted molar refractivity (Wildman–Crippen MR) is 107 cm³/mol. The largest absolute Gasteiger partial charge is 0.481 e. The van der Waals surface area contributed by atoms with Crippen LogP contribution in [0.5, 0.6) is 0 Å². The van der Waals surface area contributed by atoms with Crippen molar-refractivity contribution < 1.29 is 14.7 Å². The van der Waals surface area contributed by atoms with Crippen molar-refractivity contribution >= 4 is 11.9 Å². The molecular weight excluding hydrogens is 370 g/mol. The van der Waals surface area contributed by atoms with E-state index in [1.807, 2.05) is 24.4 Å². The average molecular weight is 393 g/mol. The maximum Gasteiger partial charge on any atom is 0.303 e. The van der Waals surface area contributed by atoms with Gasteiger partial charge >= 0.3 is 5.97 Å². The van der Waals surface area contributed by atoms with E-state index in [4.69, 9.17) is 5.11 Å². The molecule has 29 heavy (non-hydrogen) atoms. The average Bonchev–Trinajstić information content (AvgIpc) is 3.21. The number of carboxylic acids is 1. The second-order valence-electron chi connectivity index (χ2n) is 6.79. The molecule has 0 atom stereocenters. The molecule has 1 aromatic carbocycles. The molecule has 150 valence electrons. The van der Waals surface area contributed by atoms with Crippen LogP contribution in [0, 0.1) is 0 Å². The van der Waals surface area contributed by atoms with E-state index in [0.29, 0.717) is 36.3 Å². The fraction of sp³-hybridized carbons (Fsp3) is 0.286. The van der Waals surface area contributed by atoms with Gasteiger partial charge in [0.05, 0.1) is 11.8 Å². The smallest absolute Gasteiger partial charge is 0.303 e. The first-order valence-corrected chi connectivity index (χ1v) is 9.39. The van der Waals surface area contributed by atoms with E-state index in [-0.39, 0.29) is 12.3 Å². The fourth-order valence-corrected chi connectivity index (χ4v) is 2.91. The van der Waals surface area contributed by atoms with Crippen molar-refractivity contribution in [3.8, 4) is 11.3 Å². The summed E-state index contributed by atoms with van der Waals surface area (Å²) in [6.07, 6.45) is 6.26. The van der Waals surface area contributed by atoms with Crippen LogP contribution < -0.4 is 0 Å². The number of amides is 1. The molecule has 0 fully saturated rings. The van der Waals surface area contributed by atoms with Crippen molar-refractivity contribution in [2.24, 2.45) is 0 Å². The van der Waals surface area contributed by atoms with Crippen molar-refractivity contribution in [3.05, 3.63) is 66.1 Å². The Morgan fingerprint density at radius 1 is 1.17 bits per heavy atom. The van der Waals surface area contributed by atoms with E-state index < -0.39 is 5.97 Å². The summed E-state index contributed by atoms with van der Waals surface area (Å²) in [5.74, 6) is -1.08. The molecule has 0 radical (unpaired) electrons. The van der Waals surface area contributed by atoms with Crippen LogP contribution in [0.2, 0.25) is 0 Å². The maximum atomic E-state index is 12.6. The van der Waals surface area contributed by atoms with E-state index in [9.17, 15) is 9.59 Å². The van der Waals surface area contributed by atoms with Gasteiger partial charge in [-0.2, -0.15) is 0 Å². The molecule has 8 heteroatoms. The number of aliphatic carboxylic acids is 1. The molecular formula is C21H23N5O3. The minimum atomic E-state index is -0.870. The number of carboxylic acid groups (broad SMARTS) is 1. The van der Waals surface area contributed by atoms with Crippen molar-refractivity contribution in [2.75, 3.05) is 13.6 Å². The summed E-state index contributed by atoms with van der Waals surface area (Å²) in [6.45, 7) is 1.07. The van der Waals surface area contributed by atoms with E-state index in [2.05, 4.69) is 27.4 Å². The lowest BCUT2D eigenvalue weighted by Gasteiger charge is -2.16. The molecule has 0 aliphatic rings. The minimum absolute atomic E-state index is 0.0298. The van der Waals surface area contributed by atoms with Gasteiger partial charge in [0, 0.05) is 44.5 Å². The Kier molecular flexibility index (Phi) is 6.67. The molecule has 0 aliphatic heterocycles. The second-order valence-corrected chi connectivity index (χ2v) is 6.79. The number of hydrogen-bond donors (Lipinski definition) is 1. The third-order valence-electron chi connectivity index (χ3n) is 4.52. The van der Waals surface area contributed by atoms with Crippen molar-refractivity contribution in [3.63, 3.8) is 0 Å². The van der Waals surface area contributed by atoms with Gasteiger partial charge in [-0.05, 0) is 24.5 Å². The van der Waals surface area contributed by atoms with Gasteiger partial charge in [-0.25, -0.2) is 0 Å². The molecule has 3 aromatic rings. The minimum Gasteiger partial charge on any atom is -0.481 e. The summed E-state index contributed by atoms with van der Waals surface area (Å²) in [5, 5.41) is 17.1. The van der Waals surface area contributed by atoms with E-state index in [1.54, 1.807) is 24.0 Å². The number of carbonyl (C=O) groups excluding carboxylic acids is 1. The topological polar surface area (TPSA) is 101 Å². The number of hydrogen-bond acceptors (Lipinski definition) is 5. The first-order chi connectivity index (χ1) is 14.0. The summed E-state index contributed by atoms with van der Waals surface area (Å²) in [7, 11) is 1.65. The van der Waals surface area contributed by atoms with Gasteiger partial charge in [0.25, 0.3) is 5.91 Å². The standard InChI is InChI=1S/C21H23N5O3/c1-25(10-5-8-20(27)28)21(29)18-12-17(13-22-14-18)19-15-26(24-23-19)11-9-16-6-3-2-4-7-16/h2-4,6-7,12-15H,5,8-11H2,1H3,(H,27,28). The number of aromatic nitrogens is 4. The quantitative estimate of drug-likeness (QED) is 0.599. The third kappa shape index (κ3) is 5.71. The number of aryl methyl sites for hydroxylation is 2. The van der Waals surface area contributed by atoms with Crippen LogP contribution in [0.3, 0.4) is 0 Å². The predicted octanol–water partition coefficient (Wildman–Crippen LogP) is 2.52. The monoisotopic (exact) mass is 393 g/mol. The number of carbonyl (C=O) groups is 2. The maximum absolute atomic E-state index is 12.6. The summed E-state index contributed by atoms with van der Waals surface area (Å²) in [6, 6.07) is 11.9. The van der Waals surface area contributed by atoms with Crippen LogP contribution >= 0.6 is 0 Å². The number of benzene rings is 1. The van der Waals surface area contributed by atoms with Gasteiger partial charge in [0.1, 0.15) is 5.69 Å². The molecule has 0 saturated carbocycles. The van der Waals surface area contributed by atoms with Crippen LogP contribution in [0.25, 0.3) is 11.3 Å². The normalized spacial score (nSPS) is 10.7. The Hall–Kier alpha value is -3.55. The summed E-state index contributed by atoms with van der Waals surface area (Å²) in [4.78, 5) is 28.8. The molecule has 0 spiro atoms. The first kappa shape index (κ1) is 20.2. The number of pyridine rings is 1. The van der Waals surface area contributed by atoms with Crippen LogP contribution in [-0.4, -0.2) is 55.5 Å². The lowest BCUT2D eigenvalue weighted by molar-refractivity contribution is -0.137. The van der Waals surface area contributed by atoms with Gasteiger partial charge in [0.2, 0.25) is 0 Å². The highest BCUT2D eigenvalue weighted by molar-refractivity contribution is 5.94. The molecule has 3 rings (SSSR count). The van der Waals surface area contributed by atoms with E-state index in [0.717, 1.165) is 6.42 Å². The summed E-state index contributed by atoms with van der Waals surface area (Å²) >= 11 is 0. The van der Waals surface area contributed by atoms with Crippen LogP contribution in [0.1, 0.15) is 28.8 Å². The van der Waals surface area contributed by atoms with Gasteiger partial charge < -0.3 is 10.0 Å². The van der Waals surface area contributed by atoms with Crippen LogP contribution in [0.4, 0.5) is 0 Å². The molecule has 0 unspecified atom stereocenters. The third-order valence-corrected chi connectivity index (χ3v) is 4.52. The van der Waals surface area contributed by atoms with Gasteiger partial charge in [0.15, 0.2) is 0 Å². The molecule has 1 amide bonds. The van der Waals surface area contributed by atoms with Crippen molar-refractivity contribution in [1.82, 2.24) is 24.9 Å². The lowest BCUT2D eigenvalue weighted by Crippen LogP contribution is -2.28. The van der Waals surface area contributed by atoms with Crippen LogP contribution in [0.15, 0.2) is 55.0 Å². The first-order valence-electron chi connectivity index (χ1n) is 9.39. The van der Waals surface area contributed by atoms with E-state index >= 15 is 0 Å². The van der Waals surface area contributed by atoms with Crippen molar-refractivity contribution in [1.29, 1.82) is 0 Å². The number of rotatable bonds is 9. The van der Waals surface area contributed by atoms with E-state index in [1.165, 1.54) is 16.7 Å². The lowest BCUT2D eigenvalue weighted by atomic mass is 10.1. The number of nitrogens with zero attached hydrogens (tertiary/aromatic N) is 5. The van der Waals surface area contributed by atoms with Gasteiger partial charge in [-0.15, -0.1) is 5.10 Å². The molecule has 1 N–H and O–H groups in total. The highest BCUT2D eigenvalue weighted by Crippen LogP contribution is 2.17. The van der Waals surface area contributed by atoms with Gasteiger partial charge in [-0.3, -0.25) is 19.3 Å². The zero-order valence-corrected chi connectivity index (χ0v) is 16.2. The molecule has 0 bridgehead atoms. The van der Waals surface area contributed by atoms with Crippen LogP contribution in [-0.2, 0) is 17.8 Å². The Morgan fingerprint density at radius 2 is 1.97 bits per heavy atom. The summed E-state index contributed by atoms with van der Waals surface area (Å²) in [5.41, 5.74) is 3.01. The molecule has 2 heterocycles. The Bertz CT molecular complexity index is 971. The highest BCUT2D eigenvalue weighted by atomic mass is 16.4. The Labute approximate surface area is 168 Å². The SMILES string of the molecule is CN(CCCC(=O)O)C(=O)c1cncc(-c2cn(CCc3ccccc3)nn2)c1. The molecule has 2 aromatic heterocycles. The molecule has 0 saturated heterocycles. The highest BCUT2D eigenvalue weighted by Gasteiger charge is 2.14. The zero-order chi connectivity index (χ0) is 20.6. The zero-order valence-electron chi connectivity index (χ0n) is 16.2. The Morgan fingerprint density at radius 3 is 2.72 bits per heavy atom. The Balaban J connectivity index is 1.64. The fourth-order valence-electron chi connectivity index (χ4n) is 2.91. The molecule has 8 nitrogen and oxygen atoms in total.